The molecule has 1 atom stereocenters. The third-order valence-corrected chi connectivity index (χ3v) is 6.84. The maximum absolute atomic E-state index is 13.4. The van der Waals surface area contributed by atoms with Crippen LogP contribution in [0.1, 0.15) is 30.2 Å². The zero-order chi connectivity index (χ0) is 22.0. The molecule has 1 aromatic heterocycles. The summed E-state index contributed by atoms with van der Waals surface area (Å²) in [6.45, 7) is 4.16. The number of nitrogens with zero attached hydrogens (tertiary/aromatic N) is 2. The fraction of sp³-hybridized carbons (Fsp3) is 0.417. The van der Waals surface area contributed by atoms with Crippen LogP contribution < -0.4 is 9.47 Å². The molecule has 1 fully saturated rings. The van der Waals surface area contributed by atoms with E-state index in [-0.39, 0.29) is 11.8 Å². The van der Waals surface area contributed by atoms with Crippen molar-refractivity contribution in [2.75, 3.05) is 33.9 Å². The highest BCUT2D eigenvalue weighted by Crippen LogP contribution is 2.36. The Bertz CT molecular complexity index is 999. The summed E-state index contributed by atoms with van der Waals surface area (Å²) in [4.78, 5) is 31.2. The molecule has 6 nitrogen and oxygen atoms in total. The first-order valence-corrected chi connectivity index (χ1v) is 11.5. The Hall–Kier alpha value is -2.80. The van der Waals surface area contributed by atoms with E-state index in [1.807, 2.05) is 35.7 Å². The number of carbonyl (C=O) groups is 2. The highest BCUT2D eigenvalue weighted by molar-refractivity contribution is 7.11. The maximum Gasteiger partial charge on any atom is 0.277 e. The van der Waals surface area contributed by atoms with Crippen LogP contribution in [0, 0.1) is 5.92 Å². The van der Waals surface area contributed by atoms with E-state index in [9.17, 15) is 9.59 Å². The molecule has 0 bridgehead atoms. The summed E-state index contributed by atoms with van der Waals surface area (Å²) >= 11 is 1.51. The second kappa shape index (κ2) is 9.14. The molecular formula is C24H28N2O4S. The van der Waals surface area contributed by atoms with E-state index < -0.39 is 0 Å². The molecule has 1 saturated heterocycles. The minimum atomic E-state index is -0.193. The van der Waals surface area contributed by atoms with E-state index in [1.165, 1.54) is 16.2 Å². The lowest BCUT2D eigenvalue weighted by atomic mass is 9.99. The average molecular weight is 441 g/mol. The number of rotatable bonds is 7. The Kier molecular flexibility index (Phi) is 6.32. The van der Waals surface area contributed by atoms with Crippen molar-refractivity contribution in [1.82, 2.24) is 9.80 Å². The van der Waals surface area contributed by atoms with Gasteiger partial charge in [-0.2, -0.15) is 0 Å². The number of carbonyl (C=O) groups excluding carboxylic acids is 2. The predicted molar refractivity (Wildman–Crippen MR) is 121 cm³/mol. The number of imide groups is 1. The SMILES string of the molecule is COc1ccc(CCN2C(=O)C(c3cccs3)=C(N3CCCC(C)C3)C2=O)cc1OC. The number of ether oxygens (including phenoxy) is 2. The van der Waals surface area contributed by atoms with E-state index in [0.29, 0.717) is 41.7 Å². The summed E-state index contributed by atoms with van der Waals surface area (Å²) in [6.07, 6.45) is 2.75. The minimum absolute atomic E-state index is 0.178. The number of piperidine rings is 1. The molecule has 2 amide bonds. The second-order valence-corrected chi connectivity index (χ2v) is 9.04. The lowest BCUT2D eigenvalue weighted by Gasteiger charge is -2.33. The van der Waals surface area contributed by atoms with Gasteiger partial charge in [-0.1, -0.05) is 19.1 Å². The number of amides is 2. The van der Waals surface area contributed by atoms with Gasteiger partial charge < -0.3 is 14.4 Å². The molecule has 4 rings (SSSR count). The molecule has 0 radical (unpaired) electrons. The zero-order valence-electron chi connectivity index (χ0n) is 18.2. The van der Waals surface area contributed by atoms with Crippen LogP contribution >= 0.6 is 11.3 Å². The van der Waals surface area contributed by atoms with Crippen LogP contribution in [0.15, 0.2) is 41.4 Å². The van der Waals surface area contributed by atoms with Gasteiger partial charge in [-0.25, -0.2) is 0 Å². The van der Waals surface area contributed by atoms with Gasteiger partial charge in [0.1, 0.15) is 5.70 Å². The van der Waals surface area contributed by atoms with Crippen molar-refractivity contribution in [2.45, 2.75) is 26.2 Å². The summed E-state index contributed by atoms with van der Waals surface area (Å²) in [5.41, 5.74) is 2.11. The third kappa shape index (κ3) is 4.19. The number of hydrogen-bond acceptors (Lipinski definition) is 6. The first-order valence-electron chi connectivity index (χ1n) is 10.6. The first-order chi connectivity index (χ1) is 15.0. The third-order valence-electron chi connectivity index (χ3n) is 5.96. The average Bonchev–Trinajstić information content (AvgIpc) is 3.38. The predicted octanol–water partition coefficient (Wildman–Crippen LogP) is 3.82. The van der Waals surface area contributed by atoms with Crippen LogP contribution in [0.3, 0.4) is 0 Å². The maximum atomic E-state index is 13.4. The van der Waals surface area contributed by atoms with Gasteiger partial charge in [-0.15, -0.1) is 11.3 Å². The summed E-state index contributed by atoms with van der Waals surface area (Å²) in [6, 6.07) is 9.53. The minimum Gasteiger partial charge on any atom is -0.493 e. The summed E-state index contributed by atoms with van der Waals surface area (Å²) in [5, 5.41) is 1.95. The number of thiophene rings is 1. The standard InChI is InChI=1S/C24H28N2O4S/c1-16-6-4-11-25(15-16)22-21(20-7-5-13-31-20)23(27)26(24(22)28)12-10-17-8-9-18(29-2)19(14-17)30-3/h5,7-9,13-14,16H,4,6,10-12,15H2,1-3H3. The molecule has 0 saturated carbocycles. The molecule has 2 aliphatic rings. The van der Waals surface area contributed by atoms with Crippen molar-refractivity contribution in [3.63, 3.8) is 0 Å². The van der Waals surface area contributed by atoms with E-state index in [1.54, 1.807) is 14.2 Å². The van der Waals surface area contributed by atoms with Gasteiger partial charge in [0, 0.05) is 24.5 Å². The molecule has 3 heterocycles. The van der Waals surface area contributed by atoms with Crippen LogP contribution in [0.25, 0.3) is 5.57 Å². The number of benzene rings is 1. The van der Waals surface area contributed by atoms with Gasteiger partial charge in [0.05, 0.1) is 19.8 Å². The molecule has 0 N–H and O–H groups in total. The lowest BCUT2D eigenvalue weighted by Crippen LogP contribution is -2.39. The smallest absolute Gasteiger partial charge is 0.277 e. The number of hydrogen-bond donors (Lipinski definition) is 0. The van der Waals surface area contributed by atoms with Crippen LogP contribution in [0.4, 0.5) is 0 Å². The van der Waals surface area contributed by atoms with Gasteiger partial charge >= 0.3 is 0 Å². The van der Waals surface area contributed by atoms with Crippen molar-refractivity contribution >= 4 is 28.7 Å². The van der Waals surface area contributed by atoms with Crippen molar-refractivity contribution in [1.29, 1.82) is 0 Å². The number of methoxy groups -OCH3 is 2. The van der Waals surface area contributed by atoms with Crippen molar-refractivity contribution in [2.24, 2.45) is 5.92 Å². The molecule has 2 aliphatic heterocycles. The molecule has 1 unspecified atom stereocenters. The number of likely N-dealkylation sites (tertiary alicyclic amines) is 1. The molecule has 1 aromatic carbocycles. The summed E-state index contributed by atoms with van der Waals surface area (Å²) in [7, 11) is 3.19. The van der Waals surface area contributed by atoms with E-state index in [4.69, 9.17) is 9.47 Å². The van der Waals surface area contributed by atoms with Crippen LogP contribution in [0.2, 0.25) is 0 Å². The fourth-order valence-corrected chi connectivity index (χ4v) is 5.13. The lowest BCUT2D eigenvalue weighted by molar-refractivity contribution is -0.137. The highest BCUT2D eigenvalue weighted by atomic mass is 32.1. The molecule has 7 heteroatoms. The van der Waals surface area contributed by atoms with Gasteiger partial charge in [-0.3, -0.25) is 14.5 Å². The Morgan fingerprint density at radius 1 is 1.10 bits per heavy atom. The van der Waals surface area contributed by atoms with Crippen molar-refractivity contribution in [3.05, 3.63) is 51.8 Å². The first kappa shape index (κ1) is 21.4. The van der Waals surface area contributed by atoms with E-state index in [2.05, 4.69) is 11.8 Å². The second-order valence-electron chi connectivity index (χ2n) is 8.10. The van der Waals surface area contributed by atoms with Crippen molar-refractivity contribution in [3.8, 4) is 11.5 Å². The highest BCUT2D eigenvalue weighted by Gasteiger charge is 2.42. The quantitative estimate of drug-likeness (QED) is 0.613. The van der Waals surface area contributed by atoms with Crippen LogP contribution in [0.5, 0.6) is 11.5 Å². The molecular weight excluding hydrogens is 412 g/mol. The molecule has 2 aromatic rings. The Balaban J connectivity index is 1.58. The summed E-state index contributed by atoms with van der Waals surface area (Å²) in [5.74, 6) is 1.43. The topological polar surface area (TPSA) is 59.1 Å². The van der Waals surface area contributed by atoms with E-state index >= 15 is 0 Å². The van der Waals surface area contributed by atoms with Gasteiger partial charge in [0.25, 0.3) is 11.8 Å². The largest absolute Gasteiger partial charge is 0.493 e. The van der Waals surface area contributed by atoms with Crippen LogP contribution in [-0.4, -0.2) is 55.5 Å². The monoisotopic (exact) mass is 440 g/mol. The normalized spacial score (nSPS) is 19.4. The van der Waals surface area contributed by atoms with Gasteiger partial charge in [0.15, 0.2) is 11.5 Å². The Morgan fingerprint density at radius 2 is 1.90 bits per heavy atom. The zero-order valence-corrected chi connectivity index (χ0v) is 19.0. The molecule has 31 heavy (non-hydrogen) atoms. The molecule has 164 valence electrons. The summed E-state index contributed by atoms with van der Waals surface area (Å²) < 4.78 is 10.7. The Labute approximate surface area is 187 Å². The van der Waals surface area contributed by atoms with E-state index in [0.717, 1.165) is 36.4 Å². The fourth-order valence-electron chi connectivity index (χ4n) is 4.37. The van der Waals surface area contributed by atoms with Crippen LogP contribution in [-0.2, 0) is 16.0 Å². The molecule has 0 spiro atoms. The Morgan fingerprint density at radius 3 is 2.58 bits per heavy atom. The van der Waals surface area contributed by atoms with Gasteiger partial charge in [-0.05, 0) is 54.3 Å². The van der Waals surface area contributed by atoms with Gasteiger partial charge in [0.2, 0.25) is 0 Å². The van der Waals surface area contributed by atoms with Crippen molar-refractivity contribution < 1.29 is 19.1 Å². The molecule has 0 aliphatic carbocycles.